The third kappa shape index (κ3) is 3.44. The van der Waals surface area contributed by atoms with Gasteiger partial charge in [-0.3, -0.25) is 0 Å². The first-order valence-electron chi connectivity index (χ1n) is 6.42. The van der Waals surface area contributed by atoms with Gasteiger partial charge in [-0.1, -0.05) is 0 Å². The van der Waals surface area contributed by atoms with Gasteiger partial charge in [0.2, 0.25) is 0 Å². The average Bonchev–Trinajstić information content (AvgIpc) is 3.01. The molecule has 1 saturated carbocycles. The second kappa shape index (κ2) is 5.28. The molecule has 88 valence electrons. The lowest BCUT2D eigenvalue weighted by atomic mass is 9.97. The highest BCUT2D eigenvalue weighted by Crippen LogP contribution is 2.27. The molecule has 1 aliphatic heterocycles. The van der Waals surface area contributed by atoms with Crippen LogP contribution in [0.5, 0.6) is 0 Å². The highest BCUT2D eigenvalue weighted by atomic mass is 15.2. The van der Waals surface area contributed by atoms with Crippen molar-refractivity contribution in [3.63, 3.8) is 0 Å². The molecule has 0 radical (unpaired) electrons. The van der Waals surface area contributed by atoms with E-state index < -0.39 is 0 Å². The fraction of sp³-hybridized carbons (Fsp3) is 1.00. The molecule has 2 rings (SSSR count). The Morgan fingerprint density at radius 2 is 2.13 bits per heavy atom. The second-order valence-corrected chi connectivity index (χ2v) is 5.27. The summed E-state index contributed by atoms with van der Waals surface area (Å²) in [5.41, 5.74) is 5.61. The van der Waals surface area contributed by atoms with E-state index in [0.29, 0.717) is 0 Å². The summed E-state index contributed by atoms with van der Waals surface area (Å²) < 4.78 is 0. The van der Waals surface area contributed by atoms with E-state index in [9.17, 15) is 0 Å². The average molecular weight is 211 g/mol. The van der Waals surface area contributed by atoms with E-state index in [2.05, 4.69) is 16.8 Å². The van der Waals surface area contributed by atoms with Gasteiger partial charge in [0, 0.05) is 32.2 Å². The van der Waals surface area contributed by atoms with E-state index in [4.69, 9.17) is 5.73 Å². The van der Waals surface area contributed by atoms with Crippen LogP contribution >= 0.6 is 0 Å². The number of rotatable bonds is 5. The second-order valence-electron chi connectivity index (χ2n) is 5.27. The SMILES string of the molecule is CN(CC1CCCN(CCN)C1)C1CC1. The molecule has 3 nitrogen and oxygen atoms in total. The van der Waals surface area contributed by atoms with Crippen LogP contribution < -0.4 is 5.73 Å². The van der Waals surface area contributed by atoms with Gasteiger partial charge in [0.25, 0.3) is 0 Å². The largest absolute Gasteiger partial charge is 0.329 e. The lowest BCUT2D eigenvalue weighted by Gasteiger charge is -2.34. The first-order valence-corrected chi connectivity index (χ1v) is 6.42. The molecule has 1 saturated heterocycles. The molecule has 2 N–H and O–H groups in total. The predicted molar refractivity (Wildman–Crippen MR) is 63.9 cm³/mol. The van der Waals surface area contributed by atoms with E-state index in [1.807, 2.05) is 0 Å². The molecule has 1 heterocycles. The van der Waals surface area contributed by atoms with Gasteiger partial charge in [0.1, 0.15) is 0 Å². The van der Waals surface area contributed by atoms with Crippen LogP contribution in [0.1, 0.15) is 25.7 Å². The molecule has 2 fully saturated rings. The first-order chi connectivity index (χ1) is 7.29. The number of likely N-dealkylation sites (tertiary alicyclic amines) is 1. The Labute approximate surface area is 93.6 Å². The molecular formula is C12H25N3. The standard InChI is InChI=1S/C12H25N3/c1-14(12-4-5-12)9-11-3-2-7-15(10-11)8-6-13/h11-12H,2-10,13H2,1H3. The summed E-state index contributed by atoms with van der Waals surface area (Å²) in [5.74, 6) is 0.885. The van der Waals surface area contributed by atoms with Crippen molar-refractivity contribution >= 4 is 0 Å². The molecule has 3 heteroatoms. The maximum atomic E-state index is 5.61. The van der Waals surface area contributed by atoms with Crippen LogP contribution in [0.15, 0.2) is 0 Å². The number of nitrogens with two attached hydrogens (primary N) is 1. The molecule has 1 aliphatic carbocycles. The summed E-state index contributed by atoms with van der Waals surface area (Å²) in [7, 11) is 2.29. The molecule has 0 aromatic heterocycles. The molecule has 0 amide bonds. The molecule has 2 aliphatic rings. The summed E-state index contributed by atoms with van der Waals surface area (Å²) in [4.78, 5) is 5.10. The van der Waals surface area contributed by atoms with Crippen molar-refractivity contribution < 1.29 is 0 Å². The van der Waals surface area contributed by atoms with Crippen LogP contribution in [0.2, 0.25) is 0 Å². The van der Waals surface area contributed by atoms with Crippen molar-refractivity contribution in [2.24, 2.45) is 11.7 Å². The molecule has 0 spiro atoms. The van der Waals surface area contributed by atoms with Gasteiger partial charge in [-0.2, -0.15) is 0 Å². The zero-order valence-electron chi connectivity index (χ0n) is 9.99. The third-order valence-corrected chi connectivity index (χ3v) is 3.76. The van der Waals surface area contributed by atoms with Crippen molar-refractivity contribution in [3.05, 3.63) is 0 Å². The van der Waals surface area contributed by atoms with Gasteiger partial charge in [-0.05, 0) is 45.2 Å². The van der Waals surface area contributed by atoms with Crippen molar-refractivity contribution in [2.45, 2.75) is 31.7 Å². The Bertz CT molecular complexity index is 189. The van der Waals surface area contributed by atoms with Crippen LogP contribution in [0, 0.1) is 5.92 Å². The summed E-state index contributed by atoms with van der Waals surface area (Å²) >= 11 is 0. The van der Waals surface area contributed by atoms with E-state index >= 15 is 0 Å². The van der Waals surface area contributed by atoms with Crippen LogP contribution in [0.25, 0.3) is 0 Å². The van der Waals surface area contributed by atoms with E-state index in [1.165, 1.54) is 45.3 Å². The fourth-order valence-electron chi connectivity index (χ4n) is 2.76. The van der Waals surface area contributed by atoms with Gasteiger partial charge < -0.3 is 15.5 Å². The zero-order chi connectivity index (χ0) is 10.7. The minimum absolute atomic E-state index is 0.811. The number of hydrogen-bond donors (Lipinski definition) is 1. The van der Waals surface area contributed by atoms with E-state index in [-0.39, 0.29) is 0 Å². The first kappa shape index (κ1) is 11.4. The van der Waals surface area contributed by atoms with Crippen molar-refractivity contribution in [1.82, 2.24) is 9.80 Å². The molecule has 1 atom stereocenters. The van der Waals surface area contributed by atoms with E-state index in [1.54, 1.807) is 0 Å². The quantitative estimate of drug-likeness (QED) is 0.728. The molecule has 1 unspecified atom stereocenters. The molecule has 0 aromatic rings. The summed E-state index contributed by atoms with van der Waals surface area (Å²) in [5, 5.41) is 0. The van der Waals surface area contributed by atoms with Crippen LogP contribution in [0.3, 0.4) is 0 Å². The van der Waals surface area contributed by atoms with Crippen molar-refractivity contribution in [1.29, 1.82) is 0 Å². The van der Waals surface area contributed by atoms with Crippen LogP contribution in [0.4, 0.5) is 0 Å². The zero-order valence-corrected chi connectivity index (χ0v) is 9.99. The third-order valence-electron chi connectivity index (χ3n) is 3.76. The van der Waals surface area contributed by atoms with Crippen LogP contribution in [-0.2, 0) is 0 Å². The van der Waals surface area contributed by atoms with E-state index in [0.717, 1.165) is 25.0 Å². The predicted octanol–water partition coefficient (Wildman–Crippen LogP) is 0.751. The summed E-state index contributed by atoms with van der Waals surface area (Å²) in [6.07, 6.45) is 5.63. The normalized spacial score (nSPS) is 28.6. The van der Waals surface area contributed by atoms with Gasteiger partial charge in [-0.25, -0.2) is 0 Å². The van der Waals surface area contributed by atoms with Crippen molar-refractivity contribution in [2.75, 3.05) is 39.8 Å². The van der Waals surface area contributed by atoms with Gasteiger partial charge in [0.05, 0.1) is 0 Å². The Morgan fingerprint density at radius 3 is 2.80 bits per heavy atom. The number of hydrogen-bond acceptors (Lipinski definition) is 3. The fourth-order valence-corrected chi connectivity index (χ4v) is 2.76. The van der Waals surface area contributed by atoms with Crippen molar-refractivity contribution in [3.8, 4) is 0 Å². The lowest BCUT2D eigenvalue weighted by Crippen LogP contribution is -2.42. The Morgan fingerprint density at radius 1 is 1.33 bits per heavy atom. The Hall–Kier alpha value is -0.120. The molecular weight excluding hydrogens is 186 g/mol. The Kier molecular flexibility index (Phi) is 4.00. The number of nitrogens with zero attached hydrogens (tertiary/aromatic N) is 2. The molecule has 0 aromatic carbocycles. The minimum atomic E-state index is 0.811. The molecule has 15 heavy (non-hydrogen) atoms. The van der Waals surface area contributed by atoms with Gasteiger partial charge in [-0.15, -0.1) is 0 Å². The van der Waals surface area contributed by atoms with Gasteiger partial charge >= 0.3 is 0 Å². The maximum absolute atomic E-state index is 5.61. The lowest BCUT2D eigenvalue weighted by molar-refractivity contribution is 0.144. The maximum Gasteiger partial charge on any atom is 0.0105 e. The monoisotopic (exact) mass is 211 g/mol. The summed E-state index contributed by atoms with van der Waals surface area (Å²) in [6, 6.07) is 0.912. The smallest absolute Gasteiger partial charge is 0.0105 e. The van der Waals surface area contributed by atoms with Gasteiger partial charge in [0.15, 0.2) is 0 Å². The minimum Gasteiger partial charge on any atom is -0.329 e. The summed E-state index contributed by atoms with van der Waals surface area (Å²) in [6.45, 7) is 5.73. The topological polar surface area (TPSA) is 32.5 Å². The highest BCUT2D eigenvalue weighted by Gasteiger charge is 2.29. The van der Waals surface area contributed by atoms with Crippen LogP contribution in [-0.4, -0.2) is 55.6 Å². The molecule has 0 bridgehead atoms. The Balaban J connectivity index is 1.71. The number of piperidine rings is 1. The highest BCUT2D eigenvalue weighted by molar-refractivity contribution is 4.85.